The van der Waals surface area contributed by atoms with Crippen LogP contribution in [0.15, 0.2) is 18.2 Å². The van der Waals surface area contributed by atoms with Crippen molar-refractivity contribution in [3.63, 3.8) is 0 Å². The standard InChI is InChI=1S/C13H17ClN2OS/c1-3-15-7-6-12(17)16(13(15)18)11-5-4-10(14)8-9(11)2/h4-5,8,13,18H,3,6-7H2,1-2H3. The molecule has 1 fully saturated rings. The molecule has 1 unspecified atom stereocenters. The number of hydrogen-bond donors (Lipinski definition) is 1. The van der Waals surface area contributed by atoms with Gasteiger partial charge in [-0.15, -0.1) is 12.6 Å². The third-order valence-corrected chi connectivity index (χ3v) is 4.06. The maximum Gasteiger partial charge on any atom is 0.230 e. The molecular formula is C13H17ClN2OS. The second-order valence-electron chi connectivity index (χ2n) is 4.42. The van der Waals surface area contributed by atoms with Crippen molar-refractivity contribution in [3.8, 4) is 0 Å². The van der Waals surface area contributed by atoms with Crippen LogP contribution in [-0.4, -0.2) is 29.4 Å². The summed E-state index contributed by atoms with van der Waals surface area (Å²) in [5, 5.41) is 0.684. The Hall–Kier alpha value is -0.710. The molecule has 1 aromatic carbocycles. The zero-order valence-corrected chi connectivity index (χ0v) is 12.2. The van der Waals surface area contributed by atoms with Crippen molar-refractivity contribution in [1.82, 2.24) is 4.90 Å². The Kier molecular flexibility index (Phi) is 4.20. The van der Waals surface area contributed by atoms with Gasteiger partial charge in [0, 0.05) is 23.7 Å². The summed E-state index contributed by atoms with van der Waals surface area (Å²) in [5.41, 5.74) is 1.69. The van der Waals surface area contributed by atoms with Gasteiger partial charge in [0.2, 0.25) is 5.91 Å². The molecule has 0 spiro atoms. The number of carbonyl (C=O) groups is 1. The van der Waals surface area contributed by atoms with Crippen molar-refractivity contribution in [2.75, 3.05) is 18.0 Å². The smallest absolute Gasteiger partial charge is 0.230 e. The molecule has 1 aliphatic heterocycles. The molecular weight excluding hydrogens is 268 g/mol. The average molecular weight is 285 g/mol. The van der Waals surface area contributed by atoms with Crippen molar-refractivity contribution in [3.05, 3.63) is 28.8 Å². The van der Waals surface area contributed by atoms with Gasteiger partial charge in [-0.1, -0.05) is 18.5 Å². The molecule has 1 atom stereocenters. The summed E-state index contributed by atoms with van der Waals surface area (Å²) >= 11 is 10.5. The van der Waals surface area contributed by atoms with Crippen LogP contribution in [0.2, 0.25) is 5.02 Å². The number of carbonyl (C=O) groups excluding carboxylic acids is 1. The van der Waals surface area contributed by atoms with Gasteiger partial charge < -0.3 is 0 Å². The molecule has 0 aliphatic carbocycles. The Labute approximate surface area is 118 Å². The summed E-state index contributed by atoms with van der Waals surface area (Å²) in [7, 11) is 0. The number of hydrogen-bond acceptors (Lipinski definition) is 3. The monoisotopic (exact) mass is 284 g/mol. The molecule has 98 valence electrons. The van der Waals surface area contributed by atoms with Crippen LogP contribution in [0.1, 0.15) is 18.9 Å². The molecule has 3 nitrogen and oxygen atoms in total. The lowest BCUT2D eigenvalue weighted by Crippen LogP contribution is -2.54. The van der Waals surface area contributed by atoms with Gasteiger partial charge in [0.15, 0.2) is 0 Å². The molecule has 0 bridgehead atoms. The van der Waals surface area contributed by atoms with E-state index in [2.05, 4.69) is 24.5 Å². The predicted molar refractivity (Wildman–Crippen MR) is 78.3 cm³/mol. The first-order chi connectivity index (χ1) is 8.54. The summed E-state index contributed by atoms with van der Waals surface area (Å²) in [6.45, 7) is 5.68. The second-order valence-corrected chi connectivity index (χ2v) is 5.32. The number of aryl methyl sites for hydroxylation is 1. The van der Waals surface area contributed by atoms with Gasteiger partial charge in [0.05, 0.1) is 0 Å². The number of amides is 1. The first kappa shape index (κ1) is 13.7. The van der Waals surface area contributed by atoms with Crippen LogP contribution in [0.4, 0.5) is 5.69 Å². The molecule has 5 heteroatoms. The lowest BCUT2D eigenvalue weighted by Gasteiger charge is -2.41. The highest BCUT2D eigenvalue weighted by Crippen LogP contribution is 2.30. The minimum Gasteiger partial charge on any atom is -0.287 e. The fourth-order valence-corrected chi connectivity index (χ4v) is 3.00. The van der Waals surface area contributed by atoms with E-state index in [4.69, 9.17) is 11.6 Å². The van der Waals surface area contributed by atoms with E-state index in [1.807, 2.05) is 25.1 Å². The Bertz CT molecular complexity index is 466. The molecule has 0 radical (unpaired) electrons. The Morgan fingerprint density at radius 1 is 1.50 bits per heavy atom. The van der Waals surface area contributed by atoms with Crippen molar-refractivity contribution in [2.45, 2.75) is 25.8 Å². The molecule has 2 rings (SSSR count). The summed E-state index contributed by atoms with van der Waals surface area (Å²) in [6, 6.07) is 5.57. The number of nitrogens with zero attached hydrogens (tertiary/aromatic N) is 2. The van der Waals surface area contributed by atoms with Gasteiger partial charge >= 0.3 is 0 Å². The third-order valence-electron chi connectivity index (χ3n) is 3.26. The summed E-state index contributed by atoms with van der Waals surface area (Å²) in [5.74, 6) is 0.116. The molecule has 0 N–H and O–H groups in total. The van der Waals surface area contributed by atoms with E-state index < -0.39 is 0 Å². The lowest BCUT2D eigenvalue weighted by molar-refractivity contribution is -0.121. The Balaban J connectivity index is 2.37. The summed E-state index contributed by atoms with van der Waals surface area (Å²) < 4.78 is 0. The first-order valence-electron chi connectivity index (χ1n) is 6.05. The fraction of sp³-hybridized carbons (Fsp3) is 0.462. The maximum atomic E-state index is 12.1. The number of rotatable bonds is 2. The quantitative estimate of drug-likeness (QED) is 0.844. The number of thiol groups is 1. The van der Waals surface area contributed by atoms with Crippen LogP contribution in [0.5, 0.6) is 0 Å². The summed E-state index contributed by atoms with van der Waals surface area (Å²) in [4.78, 5) is 16.0. The molecule has 1 heterocycles. The molecule has 18 heavy (non-hydrogen) atoms. The van der Waals surface area contributed by atoms with Crippen LogP contribution >= 0.6 is 24.2 Å². The highest BCUT2D eigenvalue weighted by molar-refractivity contribution is 7.81. The van der Waals surface area contributed by atoms with Gasteiger partial charge in [-0.2, -0.15) is 0 Å². The molecule has 1 aromatic rings. The van der Waals surface area contributed by atoms with E-state index >= 15 is 0 Å². The topological polar surface area (TPSA) is 23.6 Å². The largest absolute Gasteiger partial charge is 0.287 e. The number of halogens is 1. The van der Waals surface area contributed by atoms with Crippen LogP contribution in [0, 0.1) is 6.92 Å². The summed E-state index contributed by atoms with van der Waals surface area (Å²) in [6.07, 6.45) is 0.535. The van der Waals surface area contributed by atoms with Gasteiger partial charge in [-0.05, 0) is 37.2 Å². The zero-order valence-electron chi connectivity index (χ0n) is 10.6. The lowest BCUT2D eigenvalue weighted by atomic mass is 10.1. The van der Waals surface area contributed by atoms with Crippen molar-refractivity contribution >= 4 is 35.8 Å². The Morgan fingerprint density at radius 3 is 2.83 bits per heavy atom. The molecule has 0 saturated carbocycles. The predicted octanol–water partition coefficient (Wildman–Crippen LogP) is 2.92. The van der Waals surface area contributed by atoms with Crippen LogP contribution in [0.25, 0.3) is 0 Å². The number of benzene rings is 1. The average Bonchev–Trinajstić information content (AvgIpc) is 2.32. The minimum atomic E-state index is -0.198. The van der Waals surface area contributed by atoms with Gasteiger partial charge in [0.25, 0.3) is 0 Å². The van der Waals surface area contributed by atoms with E-state index in [0.717, 1.165) is 24.3 Å². The van der Waals surface area contributed by atoms with Crippen LogP contribution < -0.4 is 4.90 Å². The SMILES string of the molecule is CCN1CCC(=O)N(c2ccc(Cl)cc2C)C1S. The highest BCUT2D eigenvalue weighted by Gasteiger charge is 2.32. The number of anilines is 1. The normalized spacial score (nSPS) is 21.4. The highest BCUT2D eigenvalue weighted by atomic mass is 35.5. The molecule has 1 aliphatic rings. The van der Waals surface area contributed by atoms with E-state index in [1.165, 1.54) is 0 Å². The van der Waals surface area contributed by atoms with Crippen molar-refractivity contribution in [1.29, 1.82) is 0 Å². The Morgan fingerprint density at radius 2 is 2.22 bits per heavy atom. The fourth-order valence-electron chi connectivity index (χ4n) is 2.24. The van der Waals surface area contributed by atoms with E-state index in [9.17, 15) is 4.79 Å². The van der Waals surface area contributed by atoms with Gasteiger partial charge in [-0.25, -0.2) is 0 Å². The van der Waals surface area contributed by atoms with E-state index in [-0.39, 0.29) is 11.4 Å². The van der Waals surface area contributed by atoms with E-state index in [1.54, 1.807) is 4.90 Å². The van der Waals surface area contributed by atoms with E-state index in [0.29, 0.717) is 11.4 Å². The van der Waals surface area contributed by atoms with Crippen LogP contribution in [-0.2, 0) is 4.79 Å². The minimum absolute atomic E-state index is 0.116. The first-order valence-corrected chi connectivity index (χ1v) is 6.94. The molecule has 0 aromatic heterocycles. The third kappa shape index (κ3) is 2.51. The molecule has 1 saturated heterocycles. The van der Waals surface area contributed by atoms with Gasteiger partial charge in [-0.3, -0.25) is 14.6 Å². The van der Waals surface area contributed by atoms with Crippen molar-refractivity contribution < 1.29 is 4.79 Å². The maximum absolute atomic E-state index is 12.1. The zero-order chi connectivity index (χ0) is 13.3. The molecule has 1 amide bonds. The van der Waals surface area contributed by atoms with Crippen molar-refractivity contribution in [2.24, 2.45) is 0 Å². The second kappa shape index (κ2) is 5.51. The van der Waals surface area contributed by atoms with Crippen LogP contribution in [0.3, 0.4) is 0 Å². The van der Waals surface area contributed by atoms with Gasteiger partial charge in [0.1, 0.15) is 5.50 Å².